The molecule has 12 heavy (non-hydrogen) atoms. The Morgan fingerprint density at radius 2 is 2.17 bits per heavy atom. The number of hydrogen-bond donors (Lipinski definition) is 1. The Kier molecular flexibility index (Phi) is 2.00. The van der Waals surface area contributed by atoms with Crippen molar-refractivity contribution in [1.82, 2.24) is 4.98 Å². The molecule has 0 radical (unpaired) electrons. The van der Waals surface area contributed by atoms with E-state index in [2.05, 4.69) is 27.6 Å². The van der Waals surface area contributed by atoms with E-state index in [0.717, 1.165) is 8.96 Å². The quantitative estimate of drug-likeness (QED) is 0.715. The molecule has 2 aromatic rings. The van der Waals surface area contributed by atoms with Gasteiger partial charge in [0.2, 0.25) is 0 Å². The van der Waals surface area contributed by atoms with Gasteiger partial charge in [-0.15, -0.1) is 0 Å². The first-order chi connectivity index (χ1) is 5.70. The molecule has 0 saturated heterocycles. The van der Waals surface area contributed by atoms with Gasteiger partial charge in [-0.05, 0) is 28.7 Å². The fraction of sp³-hybridized carbons (Fsp3) is 0. The highest BCUT2D eigenvalue weighted by molar-refractivity contribution is 14.1. The van der Waals surface area contributed by atoms with E-state index in [9.17, 15) is 4.39 Å². The molecule has 1 nitrogen and oxygen atoms in total. The van der Waals surface area contributed by atoms with Crippen LogP contribution in [0, 0.1) is 9.39 Å². The predicted octanol–water partition coefficient (Wildman–Crippen LogP) is 3.57. The third-order valence-electron chi connectivity index (χ3n) is 1.70. The fourth-order valence-electron chi connectivity index (χ4n) is 1.10. The molecule has 0 amide bonds. The Hall–Kier alpha value is -0.290. The van der Waals surface area contributed by atoms with Crippen molar-refractivity contribution in [3.8, 4) is 0 Å². The highest BCUT2D eigenvalue weighted by Gasteiger charge is 2.08. The summed E-state index contributed by atoms with van der Waals surface area (Å²) < 4.78 is 14.2. The summed E-state index contributed by atoms with van der Waals surface area (Å²) in [5.74, 6) is -0.378. The maximum absolute atomic E-state index is 13.2. The van der Waals surface area contributed by atoms with Crippen molar-refractivity contribution in [3.63, 3.8) is 0 Å². The van der Waals surface area contributed by atoms with Gasteiger partial charge in [0, 0.05) is 15.2 Å². The monoisotopic (exact) mass is 295 g/mol. The van der Waals surface area contributed by atoms with Crippen LogP contribution in [0.3, 0.4) is 0 Å². The largest absolute Gasteiger partial charge is 0.358 e. The first-order valence-corrected chi connectivity index (χ1v) is 4.76. The number of benzene rings is 1. The van der Waals surface area contributed by atoms with Crippen LogP contribution in [-0.4, -0.2) is 4.98 Å². The molecule has 1 N–H and O–H groups in total. The second-order valence-electron chi connectivity index (χ2n) is 2.42. The van der Waals surface area contributed by atoms with Crippen LogP contribution in [0.25, 0.3) is 10.9 Å². The first-order valence-electron chi connectivity index (χ1n) is 3.30. The molecule has 1 aromatic carbocycles. The van der Waals surface area contributed by atoms with Gasteiger partial charge in [-0.3, -0.25) is 0 Å². The lowest BCUT2D eigenvalue weighted by molar-refractivity contribution is 0.638. The van der Waals surface area contributed by atoms with Gasteiger partial charge in [-0.2, -0.15) is 0 Å². The Morgan fingerprint density at radius 1 is 1.42 bits per heavy atom. The SMILES string of the molecule is Fc1c(Cl)ccc2c(I)c[nH]c12. The van der Waals surface area contributed by atoms with Crippen LogP contribution >= 0.6 is 34.2 Å². The molecule has 62 valence electrons. The molecule has 0 aliphatic rings. The highest BCUT2D eigenvalue weighted by Crippen LogP contribution is 2.26. The average Bonchev–Trinajstić information content (AvgIpc) is 2.41. The van der Waals surface area contributed by atoms with Gasteiger partial charge in [-0.25, -0.2) is 4.39 Å². The van der Waals surface area contributed by atoms with Crippen LogP contribution < -0.4 is 0 Å². The first kappa shape index (κ1) is 8.31. The minimum absolute atomic E-state index is 0.153. The summed E-state index contributed by atoms with van der Waals surface area (Å²) >= 11 is 7.74. The van der Waals surface area contributed by atoms with E-state index in [-0.39, 0.29) is 10.8 Å². The minimum atomic E-state index is -0.378. The summed E-state index contributed by atoms with van der Waals surface area (Å²) in [5, 5.41) is 1.03. The van der Waals surface area contributed by atoms with Crippen LogP contribution in [0.1, 0.15) is 0 Å². The van der Waals surface area contributed by atoms with Crippen molar-refractivity contribution in [3.05, 3.63) is 32.7 Å². The van der Waals surface area contributed by atoms with Crippen molar-refractivity contribution in [2.75, 3.05) is 0 Å². The number of aromatic amines is 1. The minimum Gasteiger partial charge on any atom is -0.358 e. The van der Waals surface area contributed by atoms with E-state index in [1.807, 2.05) is 0 Å². The lowest BCUT2D eigenvalue weighted by Gasteiger charge is -1.94. The Bertz CT molecular complexity index is 438. The number of hydrogen-bond acceptors (Lipinski definition) is 0. The van der Waals surface area contributed by atoms with Gasteiger partial charge in [0.15, 0.2) is 5.82 Å². The number of H-pyrrole nitrogens is 1. The van der Waals surface area contributed by atoms with Crippen LogP contribution in [0.4, 0.5) is 4.39 Å². The van der Waals surface area contributed by atoms with Gasteiger partial charge < -0.3 is 4.98 Å². The van der Waals surface area contributed by atoms with E-state index in [1.165, 1.54) is 0 Å². The lowest BCUT2D eigenvalue weighted by Crippen LogP contribution is -1.78. The average molecular weight is 295 g/mol. The second kappa shape index (κ2) is 2.88. The summed E-state index contributed by atoms with van der Waals surface area (Å²) in [5.41, 5.74) is 0.479. The van der Waals surface area contributed by atoms with Crippen LogP contribution in [0.15, 0.2) is 18.3 Å². The Labute approximate surface area is 87.1 Å². The molecule has 2 rings (SSSR count). The van der Waals surface area contributed by atoms with Crippen LogP contribution in [0.2, 0.25) is 5.02 Å². The standard InChI is InChI=1S/C8H4ClFIN/c9-5-2-1-4-6(11)3-12-8(4)7(5)10/h1-3,12H. The molecular weight excluding hydrogens is 291 g/mol. The smallest absolute Gasteiger partial charge is 0.165 e. The number of aromatic nitrogens is 1. The van der Waals surface area contributed by atoms with Crippen molar-refractivity contribution in [2.24, 2.45) is 0 Å². The molecule has 0 bridgehead atoms. The van der Waals surface area contributed by atoms with Gasteiger partial charge in [-0.1, -0.05) is 17.7 Å². The third kappa shape index (κ3) is 1.11. The zero-order valence-electron chi connectivity index (χ0n) is 5.87. The summed E-state index contributed by atoms with van der Waals surface area (Å²) in [6.07, 6.45) is 1.75. The van der Waals surface area contributed by atoms with Crippen LogP contribution in [0.5, 0.6) is 0 Å². The molecule has 0 atom stereocenters. The topological polar surface area (TPSA) is 15.8 Å². The summed E-state index contributed by atoms with van der Waals surface area (Å²) in [4.78, 5) is 2.83. The second-order valence-corrected chi connectivity index (χ2v) is 3.99. The number of rotatable bonds is 0. The predicted molar refractivity (Wildman–Crippen MR) is 56.0 cm³/mol. The van der Waals surface area contributed by atoms with E-state index < -0.39 is 0 Å². The van der Waals surface area contributed by atoms with Gasteiger partial charge >= 0.3 is 0 Å². The summed E-state index contributed by atoms with van der Waals surface area (Å²) in [6, 6.07) is 3.37. The van der Waals surface area contributed by atoms with E-state index in [0.29, 0.717) is 5.52 Å². The van der Waals surface area contributed by atoms with Crippen LogP contribution in [-0.2, 0) is 0 Å². The highest BCUT2D eigenvalue weighted by atomic mass is 127. The molecule has 0 fully saturated rings. The zero-order chi connectivity index (χ0) is 8.72. The molecule has 0 aliphatic carbocycles. The van der Waals surface area contributed by atoms with Crippen molar-refractivity contribution < 1.29 is 4.39 Å². The van der Waals surface area contributed by atoms with E-state index >= 15 is 0 Å². The fourth-order valence-corrected chi connectivity index (χ4v) is 1.87. The van der Waals surface area contributed by atoms with Gasteiger partial charge in [0.25, 0.3) is 0 Å². The van der Waals surface area contributed by atoms with Crippen molar-refractivity contribution >= 4 is 45.1 Å². The van der Waals surface area contributed by atoms with Crippen molar-refractivity contribution in [2.45, 2.75) is 0 Å². The number of halogens is 3. The lowest BCUT2D eigenvalue weighted by atomic mass is 10.2. The molecule has 4 heteroatoms. The molecule has 0 unspecified atom stereocenters. The Balaban J connectivity index is 2.93. The molecule has 1 heterocycles. The molecule has 0 saturated carbocycles. The number of fused-ring (bicyclic) bond motifs is 1. The normalized spacial score (nSPS) is 10.9. The summed E-state index contributed by atoms with van der Waals surface area (Å²) in [7, 11) is 0. The molecule has 0 aliphatic heterocycles. The number of nitrogens with one attached hydrogen (secondary N) is 1. The maximum Gasteiger partial charge on any atom is 0.165 e. The van der Waals surface area contributed by atoms with Crippen molar-refractivity contribution in [1.29, 1.82) is 0 Å². The molecule has 0 spiro atoms. The maximum atomic E-state index is 13.2. The Morgan fingerprint density at radius 3 is 2.92 bits per heavy atom. The van der Waals surface area contributed by atoms with Gasteiger partial charge in [0.1, 0.15) is 0 Å². The van der Waals surface area contributed by atoms with E-state index in [1.54, 1.807) is 18.3 Å². The molecular formula is C8H4ClFIN. The summed E-state index contributed by atoms with van der Waals surface area (Å²) in [6.45, 7) is 0. The van der Waals surface area contributed by atoms with E-state index in [4.69, 9.17) is 11.6 Å². The third-order valence-corrected chi connectivity index (χ3v) is 2.88. The zero-order valence-corrected chi connectivity index (χ0v) is 8.78. The van der Waals surface area contributed by atoms with Gasteiger partial charge in [0.05, 0.1) is 10.5 Å². The molecule has 1 aromatic heterocycles.